The molecule has 0 radical (unpaired) electrons. The largest absolute Gasteiger partial charge is 0.355 e. The lowest BCUT2D eigenvalue weighted by Crippen LogP contribution is -2.48. The molecular weight excluding hydrogens is 284 g/mol. The molecule has 4 heteroatoms. The summed E-state index contributed by atoms with van der Waals surface area (Å²) in [6.45, 7) is 0.690. The van der Waals surface area contributed by atoms with Gasteiger partial charge < -0.3 is 11.1 Å². The fourth-order valence-corrected chi connectivity index (χ4v) is 5.83. The zero-order valence-corrected chi connectivity index (χ0v) is 13.7. The highest BCUT2D eigenvalue weighted by atomic mass is 35.5. The van der Waals surface area contributed by atoms with Crippen LogP contribution in [0.2, 0.25) is 0 Å². The van der Waals surface area contributed by atoms with Gasteiger partial charge in [-0.15, -0.1) is 12.4 Å². The van der Waals surface area contributed by atoms with Crippen molar-refractivity contribution in [2.75, 3.05) is 6.54 Å². The highest BCUT2D eigenvalue weighted by Crippen LogP contribution is 2.61. The highest BCUT2D eigenvalue weighted by molar-refractivity contribution is 5.85. The first-order valence-corrected chi connectivity index (χ1v) is 8.64. The van der Waals surface area contributed by atoms with E-state index in [-0.39, 0.29) is 24.4 Å². The van der Waals surface area contributed by atoms with Crippen LogP contribution in [0.5, 0.6) is 0 Å². The third-order valence-electron chi connectivity index (χ3n) is 6.46. The van der Waals surface area contributed by atoms with E-state index >= 15 is 0 Å². The fraction of sp³-hybridized carbons (Fsp3) is 0.941. The lowest BCUT2D eigenvalue weighted by Gasteiger charge is -2.56. The molecule has 1 amide bonds. The number of nitrogens with two attached hydrogens (primary N) is 1. The topological polar surface area (TPSA) is 55.1 Å². The van der Waals surface area contributed by atoms with Gasteiger partial charge in [-0.05, 0) is 80.5 Å². The van der Waals surface area contributed by atoms with Crippen molar-refractivity contribution in [1.82, 2.24) is 5.32 Å². The third-order valence-corrected chi connectivity index (χ3v) is 6.46. The van der Waals surface area contributed by atoms with Crippen LogP contribution in [0.1, 0.15) is 57.8 Å². The van der Waals surface area contributed by atoms with Crippen LogP contribution in [-0.2, 0) is 4.79 Å². The number of nitrogens with one attached hydrogen (secondary N) is 1. The minimum absolute atomic E-state index is 0. The average molecular weight is 313 g/mol. The fourth-order valence-electron chi connectivity index (χ4n) is 5.83. The van der Waals surface area contributed by atoms with Gasteiger partial charge in [-0.3, -0.25) is 4.79 Å². The van der Waals surface area contributed by atoms with Crippen LogP contribution in [0, 0.1) is 29.1 Å². The summed E-state index contributed by atoms with van der Waals surface area (Å²) in [6.07, 6.45) is 11.6. The molecular formula is C17H29ClN2O. The highest BCUT2D eigenvalue weighted by Gasteiger charge is 2.51. The van der Waals surface area contributed by atoms with Crippen molar-refractivity contribution >= 4 is 18.3 Å². The van der Waals surface area contributed by atoms with E-state index in [4.69, 9.17) is 5.73 Å². The summed E-state index contributed by atoms with van der Waals surface area (Å²) in [5.74, 6) is 3.74. The number of amides is 1. The van der Waals surface area contributed by atoms with Crippen molar-refractivity contribution in [1.29, 1.82) is 0 Å². The summed E-state index contributed by atoms with van der Waals surface area (Å²) in [4.78, 5) is 12.3. The first-order chi connectivity index (χ1) is 9.62. The van der Waals surface area contributed by atoms with Gasteiger partial charge >= 0.3 is 0 Å². The third kappa shape index (κ3) is 3.24. The van der Waals surface area contributed by atoms with Gasteiger partial charge in [0.15, 0.2) is 0 Å². The van der Waals surface area contributed by atoms with E-state index in [0.717, 1.165) is 24.2 Å². The van der Waals surface area contributed by atoms with E-state index in [9.17, 15) is 4.79 Å². The molecule has 1 unspecified atom stereocenters. The Kier molecular flexibility index (Phi) is 4.26. The Bertz CT molecular complexity index is 372. The van der Waals surface area contributed by atoms with Crippen molar-refractivity contribution in [2.24, 2.45) is 34.8 Å². The molecule has 0 aromatic rings. The number of hydrogen-bond donors (Lipinski definition) is 2. The molecule has 0 aliphatic heterocycles. The maximum atomic E-state index is 12.3. The van der Waals surface area contributed by atoms with Crippen molar-refractivity contribution < 1.29 is 4.79 Å². The maximum absolute atomic E-state index is 12.3. The van der Waals surface area contributed by atoms with Crippen molar-refractivity contribution in [3.63, 3.8) is 0 Å². The molecule has 120 valence electrons. The first kappa shape index (κ1) is 15.6. The Morgan fingerprint density at radius 2 is 1.62 bits per heavy atom. The Morgan fingerprint density at radius 1 is 1.10 bits per heavy atom. The van der Waals surface area contributed by atoms with Gasteiger partial charge in [0, 0.05) is 19.0 Å². The minimum atomic E-state index is 0. The van der Waals surface area contributed by atoms with Crippen LogP contribution in [0.25, 0.3) is 0 Å². The van der Waals surface area contributed by atoms with Gasteiger partial charge in [-0.1, -0.05) is 0 Å². The van der Waals surface area contributed by atoms with E-state index in [1.807, 2.05) is 0 Å². The normalized spacial score (nSPS) is 41.5. The monoisotopic (exact) mass is 312 g/mol. The van der Waals surface area contributed by atoms with Gasteiger partial charge in [0.1, 0.15) is 0 Å². The number of carbonyl (C=O) groups is 1. The number of halogens is 1. The molecule has 21 heavy (non-hydrogen) atoms. The van der Waals surface area contributed by atoms with Crippen LogP contribution >= 0.6 is 12.4 Å². The van der Waals surface area contributed by atoms with Crippen LogP contribution in [0.4, 0.5) is 0 Å². The van der Waals surface area contributed by atoms with Gasteiger partial charge in [0.05, 0.1) is 0 Å². The Morgan fingerprint density at radius 3 is 2.10 bits per heavy atom. The molecule has 5 aliphatic carbocycles. The molecule has 5 rings (SSSR count). The van der Waals surface area contributed by atoms with Crippen LogP contribution in [0.3, 0.4) is 0 Å². The van der Waals surface area contributed by atoms with Gasteiger partial charge in [0.2, 0.25) is 5.91 Å². The number of rotatable bonds is 5. The van der Waals surface area contributed by atoms with Crippen molar-refractivity contribution in [2.45, 2.75) is 63.8 Å². The predicted molar refractivity (Wildman–Crippen MR) is 86.2 cm³/mol. The molecule has 4 bridgehead atoms. The van der Waals surface area contributed by atoms with E-state index in [1.165, 1.54) is 51.4 Å². The standard InChI is InChI=1S/C17H28N2O.ClH/c18-15(14-1-2-14)10-19-16(20)9-17-6-11-3-12(7-17)5-13(4-11)8-17;/h11-15H,1-10,18H2,(H,19,20);1H. The zero-order valence-electron chi connectivity index (χ0n) is 12.9. The molecule has 0 aromatic heterocycles. The second-order valence-electron chi connectivity index (χ2n) is 8.40. The first-order valence-electron chi connectivity index (χ1n) is 8.64. The molecule has 5 fully saturated rings. The summed E-state index contributed by atoms with van der Waals surface area (Å²) in [6, 6.07) is 0.190. The predicted octanol–water partition coefficient (Wildman–Crippen LogP) is 2.87. The second kappa shape index (κ2) is 5.73. The molecule has 3 N–H and O–H groups in total. The van der Waals surface area contributed by atoms with Gasteiger partial charge in [-0.25, -0.2) is 0 Å². The average Bonchev–Trinajstić information content (AvgIpc) is 3.17. The Labute approximate surface area is 134 Å². The maximum Gasteiger partial charge on any atom is 0.220 e. The SMILES string of the molecule is Cl.NC(CNC(=O)CC12CC3CC(CC(C3)C1)C2)C1CC1. The second-order valence-corrected chi connectivity index (χ2v) is 8.40. The van der Waals surface area contributed by atoms with Crippen molar-refractivity contribution in [3.05, 3.63) is 0 Å². The molecule has 5 aliphatic rings. The molecule has 0 aromatic carbocycles. The van der Waals surface area contributed by atoms with Crippen molar-refractivity contribution in [3.8, 4) is 0 Å². The lowest BCUT2D eigenvalue weighted by molar-refractivity contribution is -0.129. The molecule has 0 saturated heterocycles. The summed E-state index contributed by atoms with van der Waals surface area (Å²) in [5, 5.41) is 3.11. The zero-order chi connectivity index (χ0) is 13.7. The Balaban J connectivity index is 0.00000132. The number of carbonyl (C=O) groups excluding carboxylic acids is 1. The quantitative estimate of drug-likeness (QED) is 0.820. The van der Waals surface area contributed by atoms with Crippen LogP contribution in [0.15, 0.2) is 0 Å². The van der Waals surface area contributed by atoms with Gasteiger partial charge in [-0.2, -0.15) is 0 Å². The molecule has 5 saturated carbocycles. The van der Waals surface area contributed by atoms with E-state index < -0.39 is 0 Å². The number of hydrogen-bond acceptors (Lipinski definition) is 2. The summed E-state index contributed by atoms with van der Waals surface area (Å²) in [5.41, 5.74) is 6.44. The molecule has 0 spiro atoms. The van der Waals surface area contributed by atoms with E-state index in [1.54, 1.807) is 0 Å². The molecule has 3 nitrogen and oxygen atoms in total. The lowest BCUT2D eigenvalue weighted by atomic mass is 9.49. The van der Waals surface area contributed by atoms with Crippen LogP contribution in [-0.4, -0.2) is 18.5 Å². The van der Waals surface area contributed by atoms with Crippen LogP contribution < -0.4 is 11.1 Å². The summed E-state index contributed by atoms with van der Waals surface area (Å²) < 4.78 is 0. The van der Waals surface area contributed by atoms with Gasteiger partial charge in [0.25, 0.3) is 0 Å². The Hall–Kier alpha value is -0.280. The molecule has 1 atom stereocenters. The summed E-state index contributed by atoms with van der Waals surface area (Å²) in [7, 11) is 0. The molecule has 0 heterocycles. The van der Waals surface area contributed by atoms with E-state index in [2.05, 4.69) is 5.32 Å². The summed E-state index contributed by atoms with van der Waals surface area (Å²) >= 11 is 0. The minimum Gasteiger partial charge on any atom is -0.355 e. The van der Waals surface area contributed by atoms with E-state index in [0.29, 0.717) is 17.9 Å². The smallest absolute Gasteiger partial charge is 0.220 e.